The molecule has 6 heteroatoms. The smallest absolute Gasteiger partial charge is 0.254 e. The number of rotatable bonds is 4. The third kappa shape index (κ3) is 3.55. The maximum absolute atomic E-state index is 12.1. The Morgan fingerprint density at radius 1 is 1.56 bits per heavy atom. The lowest BCUT2D eigenvalue weighted by Crippen LogP contribution is -2.33. The minimum absolute atomic E-state index is 0.0522. The molecule has 1 unspecified atom stereocenters. The van der Waals surface area contributed by atoms with Crippen molar-refractivity contribution in [1.82, 2.24) is 10.3 Å². The van der Waals surface area contributed by atoms with E-state index in [0.717, 1.165) is 18.0 Å². The average Bonchev–Trinajstić information content (AvgIpc) is 2.45. The van der Waals surface area contributed by atoms with Gasteiger partial charge in [0.1, 0.15) is 0 Å². The van der Waals surface area contributed by atoms with Crippen molar-refractivity contribution < 1.29 is 4.79 Å². The Morgan fingerprint density at radius 2 is 2.44 bits per heavy atom. The van der Waals surface area contributed by atoms with Crippen molar-refractivity contribution in [3.8, 4) is 0 Å². The number of aromatic nitrogens is 1. The molecule has 1 aliphatic rings. The summed E-state index contributed by atoms with van der Waals surface area (Å²) in [6.45, 7) is 0.731. The molecule has 18 heavy (non-hydrogen) atoms. The summed E-state index contributed by atoms with van der Waals surface area (Å²) < 4.78 is 0. The van der Waals surface area contributed by atoms with Gasteiger partial charge in [-0.2, -0.15) is 23.5 Å². The molecule has 98 valence electrons. The predicted molar refractivity (Wildman–Crippen MR) is 79.7 cm³/mol. The van der Waals surface area contributed by atoms with Gasteiger partial charge in [-0.15, -0.1) is 0 Å². The zero-order valence-corrected chi connectivity index (χ0v) is 11.9. The summed E-state index contributed by atoms with van der Waals surface area (Å²) in [7, 11) is 1.81. The minimum Gasteiger partial charge on any atom is -0.387 e. The summed E-state index contributed by atoms with van der Waals surface area (Å²) in [6.07, 6.45) is 3.28. The van der Waals surface area contributed by atoms with Crippen LogP contribution in [0.5, 0.6) is 0 Å². The molecule has 2 N–H and O–H groups in total. The third-order valence-corrected chi connectivity index (χ3v) is 5.56. The van der Waals surface area contributed by atoms with Crippen molar-refractivity contribution in [2.45, 2.75) is 5.25 Å². The molecule has 0 radical (unpaired) electrons. The van der Waals surface area contributed by atoms with Gasteiger partial charge in [0.15, 0.2) is 0 Å². The highest BCUT2D eigenvalue weighted by atomic mass is 32.2. The fraction of sp³-hybridized carbons (Fsp3) is 0.500. The van der Waals surface area contributed by atoms with Crippen LogP contribution in [0.4, 0.5) is 5.69 Å². The van der Waals surface area contributed by atoms with E-state index in [1.807, 2.05) is 23.5 Å². The van der Waals surface area contributed by atoms with Crippen LogP contribution < -0.4 is 10.6 Å². The maximum atomic E-state index is 12.1. The fourth-order valence-corrected chi connectivity index (χ4v) is 4.36. The Labute approximate surface area is 116 Å². The van der Waals surface area contributed by atoms with E-state index in [1.54, 1.807) is 25.5 Å². The monoisotopic (exact) mass is 283 g/mol. The first-order valence-corrected chi connectivity index (χ1v) is 8.11. The highest BCUT2D eigenvalue weighted by Crippen LogP contribution is 2.23. The van der Waals surface area contributed by atoms with E-state index in [0.29, 0.717) is 10.8 Å². The number of hydrogen-bond acceptors (Lipinski definition) is 5. The molecule has 1 aromatic heterocycles. The summed E-state index contributed by atoms with van der Waals surface area (Å²) in [5.74, 6) is 3.47. The lowest BCUT2D eigenvalue weighted by atomic mass is 10.2. The van der Waals surface area contributed by atoms with Crippen molar-refractivity contribution in [3.05, 3.63) is 24.0 Å². The summed E-state index contributed by atoms with van der Waals surface area (Å²) in [5.41, 5.74) is 1.42. The first-order chi connectivity index (χ1) is 8.81. The predicted octanol–water partition coefficient (Wildman–Crippen LogP) is 1.70. The van der Waals surface area contributed by atoms with Gasteiger partial charge in [-0.05, 0) is 6.07 Å². The van der Waals surface area contributed by atoms with E-state index < -0.39 is 0 Å². The number of carbonyl (C=O) groups is 1. The fourth-order valence-electron chi connectivity index (χ4n) is 1.75. The number of hydrogen-bond donors (Lipinski definition) is 2. The molecule has 4 nitrogen and oxygen atoms in total. The number of thioether (sulfide) groups is 2. The standard InChI is InChI=1S/C12H17N3OS2/c1-13-11-2-3-14-7-10(11)12(16)15-6-9-8-17-4-5-18-9/h2-3,7,9H,4-6,8H2,1H3,(H,13,14)(H,15,16). The van der Waals surface area contributed by atoms with Crippen LogP contribution in [0.25, 0.3) is 0 Å². The number of amides is 1. The second-order valence-corrected chi connectivity index (χ2v) is 6.51. The molecular formula is C12H17N3OS2. The SMILES string of the molecule is CNc1ccncc1C(=O)NCC1CSCCS1. The number of carbonyl (C=O) groups excluding carboxylic acids is 1. The van der Waals surface area contributed by atoms with Crippen LogP contribution in [0.3, 0.4) is 0 Å². The number of nitrogens with zero attached hydrogens (tertiary/aromatic N) is 1. The third-order valence-electron chi connectivity index (χ3n) is 2.71. The largest absolute Gasteiger partial charge is 0.387 e. The normalized spacial score (nSPS) is 19.3. The van der Waals surface area contributed by atoms with Crippen LogP contribution >= 0.6 is 23.5 Å². The summed E-state index contributed by atoms with van der Waals surface area (Å²) in [4.78, 5) is 16.1. The molecule has 2 rings (SSSR count). The molecule has 2 heterocycles. The van der Waals surface area contributed by atoms with Crippen LogP contribution in [-0.4, -0.2) is 47.0 Å². The van der Waals surface area contributed by atoms with E-state index in [4.69, 9.17) is 0 Å². The van der Waals surface area contributed by atoms with Gasteiger partial charge in [-0.3, -0.25) is 9.78 Å². The molecule has 1 amide bonds. The van der Waals surface area contributed by atoms with E-state index in [-0.39, 0.29) is 5.91 Å². The van der Waals surface area contributed by atoms with Crippen LogP contribution in [0.15, 0.2) is 18.5 Å². The van der Waals surface area contributed by atoms with E-state index >= 15 is 0 Å². The molecule has 0 spiro atoms. The van der Waals surface area contributed by atoms with Crippen molar-refractivity contribution in [3.63, 3.8) is 0 Å². The van der Waals surface area contributed by atoms with Crippen LogP contribution in [0, 0.1) is 0 Å². The Kier molecular flexibility index (Phi) is 5.19. The van der Waals surface area contributed by atoms with E-state index in [2.05, 4.69) is 15.6 Å². The highest BCUT2D eigenvalue weighted by molar-refractivity contribution is 8.06. The van der Waals surface area contributed by atoms with Crippen molar-refractivity contribution in [1.29, 1.82) is 0 Å². The molecule has 1 aromatic rings. The molecule has 0 aliphatic carbocycles. The van der Waals surface area contributed by atoms with Crippen molar-refractivity contribution in [2.24, 2.45) is 0 Å². The zero-order chi connectivity index (χ0) is 12.8. The molecule has 1 saturated heterocycles. The Bertz CT molecular complexity index is 408. The van der Waals surface area contributed by atoms with Gasteiger partial charge < -0.3 is 10.6 Å². The average molecular weight is 283 g/mol. The van der Waals surface area contributed by atoms with Gasteiger partial charge in [0.05, 0.1) is 5.56 Å². The van der Waals surface area contributed by atoms with Crippen molar-refractivity contribution in [2.75, 3.05) is 36.2 Å². The van der Waals surface area contributed by atoms with Gasteiger partial charge in [-0.25, -0.2) is 0 Å². The van der Waals surface area contributed by atoms with Crippen LogP contribution in [-0.2, 0) is 0 Å². The van der Waals surface area contributed by atoms with Gasteiger partial charge >= 0.3 is 0 Å². The molecule has 1 aliphatic heterocycles. The van der Waals surface area contributed by atoms with Gasteiger partial charge in [0.25, 0.3) is 5.91 Å². The molecule has 1 atom stereocenters. The van der Waals surface area contributed by atoms with Gasteiger partial charge in [-0.1, -0.05) is 0 Å². The first kappa shape index (κ1) is 13.5. The summed E-state index contributed by atoms with van der Waals surface area (Å²) in [5, 5.41) is 6.52. The number of anilines is 1. The summed E-state index contributed by atoms with van der Waals surface area (Å²) in [6, 6.07) is 1.81. The second-order valence-electron chi connectivity index (χ2n) is 3.95. The minimum atomic E-state index is -0.0522. The zero-order valence-electron chi connectivity index (χ0n) is 10.3. The maximum Gasteiger partial charge on any atom is 0.254 e. The van der Waals surface area contributed by atoms with Gasteiger partial charge in [0, 0.05) is 54.2 Å². The van der Waals surface area contributed by atoms with E-state index in [9.17, 15) is 4.79 Å². The van der Waals surface area contributed by atoms with E-state index in [1.165, 1.54) is 11.5 Å². The molecule has 0 saturated carbocycles. The quantitative estimate of drug-likeness (QED) is 0.881. The summed E-state index contributed by atoms with van der Waals surface area (Å²) >= 11 is 3.90. The molecule has 0 bridgehead atoms. The topological polar surface area (TPSA) is 54.0 Å². The Morgan fingerprint density at radius 3 is 3.17 bits per heavy atom. The Hall–Kier alpha value is -0.880. The van der Waals surface area contributed by atoms with Gasteiger partial charge in [0.2, 0.25) is 0 Å². The molecular weight excluding hydrogens is 266 g/mol. The first-order valence-electron chi connectivity index (χ1n) is 5.90. The number of nitrogens with one attached hydrogen (secondary N) is 2. The Balaban J connectivity index is 1.90. The second kappa shape index (κ2) is 6.89. The highest BCUT2D eigenvalue weighted by Gasteiger charge is 2.16. The molecule has 0 aromatic carbocycles. The lowest BCUT2D eigenvalue weighted by Gasteiger charge is -2.21. The van der Waals surface area contributed by atoms with Crippen molar-refractivity contribution >= 4 is 35.1 Å². The lowest BCUT2D eigenvalue weighted by molar-refractivity contribution is 0.0954. The molecule has 1 fully saturated rings. The van der Waals surface area contributed by atoms with Crippen LogP contribution in [0.1, 0.15) is 10.4 Å². The number of pyridine rings is 1. The van der Waals surface area contributed by atoms with Crippen LogP contribution in [0.2, 0.25) is 0 Å².